The van der Waals surface area contributed by atoms with E-state index in [1.54, 1.807) is 42.3 Å². The highest BCUT2D eigenvalue weighted by atomic mass is 32.2. The summed E-state index contributed by atoms with van der Waals surface area (Å²) in [5.41, 5.74) is 1.05. The molecule has 0 aromatic heterocycles. The zero-order valence-electron chi connectivity index (χ0n) is 14.1. The van der Waals surface area contributed by atoms with Crippen LogP contribution < -0.4 is 4.90 Å². The molecule has 2 aliphatic heterocycles. The van der Waals surface area contributed by atoms with E-state index in [1.807, 2.05) is 24.3 Å². The van der Waals surface area contributed by atoms with Crippen molar-refractivity contribution in [1.29, 1.82) is 0 Å². The van der Waals surface area contributed by atoms with Gasteiger partial charge in [0.05, 0.1) is 10.3 Å². The molecule has 0 saturated carbocycles. The second kappa shape index (κ2) is 5.68. The molecule has 2 aromatic carbocycles. The second-order valence-electron chi connectivity index (χ2n) is 6.72. The third-order valence-electron chi connectivity index (χ3n) is 5.33. The fourth-order valence-electron chi connectivity index (χ4n) is 4.07. The van der Waals surface area contributed by atoms with Crippen LogP contribution in [0, 0.1) is 0 Å². The summed E-state index contributed by atoms with van der Waals surface area (Å²) in [5, 5.41) is 0. The fraction of sp³-hybridized carbons (Fsp3) is 0.316. The van der Waals surface area contributed by atoms with Crippen molar-refractivity contribution in [3.05, 3.63) is 60.2 Å². The van der Waals surface area contributed by atoms with E-state index in [0.29, 0.717) is 19.4 Å². The van der Waals surface area contributed by atoms with Crippen LogP contribution in [0.4, 0.5) is 5.69 Å². The Hall–Kier alpha value is -2.18. The Kier molecular flexibility index (Phi) is 3.70. The number of para-hydroxylation sites is 1. The quantitative estimate of drug-likeness (QED) is 0.830. The highest BCUT2D eigenvalue weighted by molar-refractivity contribution is 7.89. The van der Waals surface area contributed by atoms with Crippen molar-refractivity contribution in [2.45, 2.75) is 23.2 Å². The van der Waals surface area contributed by atoms with Gasteiger partial charge in [0, 0.05) is 25.8 Å². The fourth-order valence-corrected chi connectivity index (χ4v) is 5.63. The van der Waals surface area contributed by atoms with Crippen LogP contribution in [0.1, 0.15) is 18.4 Å². The maximum atomic E-state index is 13.1. The van der Waals surface area contributed by atoms with Gasteiger partial charge < -0.3 is 4.90 Å². The Labute approximate surface area is 147 Å². The van der Waals surface area contributed by atoms with Crippen molar-refractivity contribution in [3.63, 3.8) is 0 Å². The van der Waals surface area contributed by atoms with Crippen LogP contribution in [-0.4, -0.2) is 38.8 Å². The van der Waals surface area contributed by atoms with Gasteiger partial charge in [-0.25, -0.2) is 8.42 Å². The number of hydrogen-bond donors (Lipinski definition) is 0. The van der Waals surface area contributed by atoms with Gasteiger partial charge in [0.2, 0.25) is 15.9 Å². The van der Waals surface area contributed by atoms with E-state index >= 15 is 0 Å². The predicted octanol–water partition coefficient (Wildman–Crippen LogP) is 2.39. The van der Waals surface area contributed by atoms with Crippen molar-refractivity contribution in [2.24, 2.45) is 0 Å². The first kappa shape index (κ1) is 16.3. The molecule has 25 heavy (non-hydrogen) atoms. The van der Waals surface area contributed by atoms with Crippen molar-refractivity contribution < 1.29 is 13.2 Å². The van der Waals surface area contributed by atoms with Crippen LogP contribution >= 0.6 is 0 Å². The molecule has 0 bridgehead atoms. The first-order valence-corrected chi connectivity index (χ1v) is 9.84. The zero-order chi connectivity index (χ0) is 17.7. The third-order valence-corrected chi connectivity index (χ3v) is 7.19. The number of carbonyl (C=O) groups excluding carboxylic acids is 1. The smallest absolute Gasteiger partial charge is 0.243 e. The van der Waals surface area contributed by atoms with Gasteiger partial charge in [0.15, 0.2) is 0 Å². The number of piperidine rings is 1. The average molecular weight is 356 g/mol. The lowest BCUT2D eigenvalue weighted by Crippen LogP contribution is -2.53. The van der Waals surface area contributed by atoms with Gasteiger partial charge in [-0.3, -0.25) is 4.79 Å². The lowest BCUT2D eigenvalue weighted by molar-refractivity contribution is -0.124. The number of likely N-dealkylation sites (N-methyl/N-ethyl adjacent to an activating group) is 1. The van der Waals surface area contributed by atoms with Crippen LogP contribution in [0.2, 0.25) is 0 Å². The lowest BCUT2D eigenvalue weighted by Gasteiger charge is -2.38. The maximum absolute atomic E-state index is 13.1. The van der Waals surface area contributed by atoms with E-state index in [1.165, 1.54) is 4.31 Å². The standard InChI is InChI=1S/C19H20N2O3S/c1-20-17-11-6-5-10-16(17)19(18(20)22)12-7-13-21(14-19)25(23,24)15-8-3-2-4-9-15/h2-6,8-11H,7,12-14H2,1H3/t19-/m1/s1. The molecular formula is C19H20N2O3S. The molecule has 1 fully saturated rings. The van der Waals surface area contributed by atoms with Crippen LogP contribution in [0.15, 0.2) is 59.5 Å². The summed E-state index contributed by atoms with van der Waals surface area (Å²) in [6, 6.07) is 16.1. The molecular weight excluding hydrogens is 336 g/mol. The van der Waals surface area contributed by atoms with E-state index in [9.17, 15) is 13.2 Å². The minimum atomic E-state index is -3.61. The van der Waals surface area contributed by atoms with Crippen LogP contribution in [0.5, 0.6) is 0 Å². The van der Waals surface area contributed by atoms with Gasteiger partial charge in [-0.2, -0.15) is 4.31 Å². The number of fused-ring (bicyclic) bond motifs is 2. The molecule has 0 N–H and O–H groups in total. The summed E-state index contributed by atoms with van der Waals surface area (Å²) < 4.78 is 27.5. The summed E-state index contributed by atoms with van der Waals surface area (Å²) in [6.45, 7) is 0.641. The number of benzene rings is 2. The highest BCUT2D eigenvalue weighted by Gasteiger charge is 2.53. The number of rotatable bonds is 2. The van der Waals surface area contributed by atoms with Crippen LogP contribution in [-0.2, 0) is 20.2 Å². The van der Waals surface area contributed by atoms with Gasteiger partial charge in [0.1, 0.15) is 0 Å². The molecule has 1 saturated heterocycles. The topological polar surface area (TPSA) is 57.7 Å². The van der Waals surface area contributed by atoms with E-state index in [0.717, 1.165) is 11.3 Å². The third kappa shape index (κ3) is 2.32. The highest BCUT2D eigenvalue weighted by Crippen LogP contribution is 2.46. The number of sulfonamides is 1. The van der Waals surface area contributed by atoms with E-state index in [4.69, 9.17) is 0 Å². The van der Waals surface area contributed by atoms with Gasteiger partial charge in [-0.15, -0.1) is 0 Å². The molecule has 2 aliphatic rings. The van der Waals surface area contributed by atoms with Gasteiger partial charge in [-0.05, 0) is 36.6 Å². The molecule has 4 rings (SSSR count). The molecule has 2 aromatic rings. The van der Waals surface area contributed by atoms with Crippen molar-refractivity contribution in [1.82, 2.24) is 4.31 Å². The molecule has 0 aliphatic carbocycles. The summed E-state index contributed by atoms with van der Waals surface area (Å²) >= 11 is 0. The molecule has 1 atom stereocenters. The summed E-state index contributed by atoms with van der Waals surface area (Å²) in [5.74, 6) is -0.0124. The van der Waals surface area contributed by atoms with Crippen molar-refractivity contribution >= 4 is 21.6 Å². The molecule has 1 amide bonds. The van der Waals surface area contributed by atoms with Gasteiger partial charge in [0.25, 0.3) is 0 Å². The first-order chi connectivity index (χ1) is 12.0. The monoisotopic (exact) mass is 356 g/mol. The molecule has 0 radical (unpaired) electrons. The largest absolute Gasteiger partial charge is 0.314 e. The molecule has 1 spiro atoms. The summed E-state index contributed by atoms with van der Waals surface area (Å²) in [4.78, 5) is 15.0. The molecule has 6 heteroatoms. The minimum Gasteiger partial charge on any atom is -0.314 e. The molecule has 5 nitrogen and oxygen atoms in total. The second-order valence-corrected chi connectivity index (χ2v) is 8.66. The van der Waals surface area contributed by atoms with E-state index < -0.39 is 15.4 Å². The van der Waals surface area contributed by atoms with Crippen molar-refractivity contribution in [3.8, 4) is 0 Å². The Morgan fingerprint density at radius 3 is 2.44 bits per heavy atom. The number of anilines is 1. The van der Waals surface area contributed by atoms with Crippen LogP contribution in [0.25, 0.3) is 0 Å². The molecule has 0 unspecified atom stereocenters. The Morgan fingerprint density at radius 2 is 1.68 bits per heavy atom. The number of hydrogen-bond acceptors (Lipinski definition) is 3. The molecule has 130 valence electrons. The maximum Gasteiger partial charge on any atom is 0.243 e. The van der Waals surface area contributed by atoms with E-state index in [-0.39, 0.29) is 17.3 Å². The van der Waals surface area contributed by atoms with Gasteiger partial charge in [-0.1, -0.05) is 36.4 Å². The Bertz CT molecular complexity index is 927. The predicted molar refractivity (Wildman–Crippen MR) is 96.0 cm³/mol. The SMILES string of the molecule is CN1C(=O)[C@@]2(CCCN(S(=O)(=O)c3ccccc3)C2)c2ccccc21. The number of amides is 1. The Balaban J connectivity index is 1.76. The molecule has 2 heterocycles. The summed E-state index contributed by atoms with van der Waals surface area (Å²) in [6.07, 6.45) is 1.34. The van der Waals surface area contributed by atoms with E-state index in [2.05, 4.69) is 0 Å². The van der Waals surface area contributed by atoms with Crippen molar-refractivity contribution in [2.75, 3.05) is 25.0 Å². The summed E-state index contributed by atoms with van der Waals surface area (Å²) in [7, 11) is -1.84. The lowest BCUT2D eigenvalue weighted by atomic mass is 9.76. The van der Waals surface area contributed by atoms with Gasteiger partial charge >= 0.3 is 0 Å². The Morgan fingerprint density at radius 1 is 1.00 bits per heavy atom. The average Bonchev–Trinajstić information content (AvgIpc) is 2.85. The normalized spacial score (nSPS) is 23.9. The number of carbonyl (C=O) groups is 1. The minimum absolute atomic E-state index is 0.0124. The van der Waals surface area contributed by atoms with Crippen LogP contribution in [0.3, 0.4) is 0 Å². The number of nitrogens with zero attached hydrogens (tertiary/aromatic N) is 2. The first-order valence-electron chi connectivity index (χ1n) is 8.40. The zero-order valence-corrected chi connectivity index (χ0v) is 14.9.